The van der Waals surface area contributed by atoms with Gasteiger partial charge in [0.1, 0.15) is 0 Å². The van der Waals surface area contributed by atoms with Gasteiger partial charge >= 0.3 is 11.9 Å². The highest BCUT2D eigenvalue weighted by molar-refractivity contribution is 5.96. The molecule has 0 heterocycles. The quantitative estimate of drug-likeness (QED) is 0.463. The number of hydrogen-bond acceptors (Lipinski definition) is 5. The molecule has 0 saturated heterocycles. The van der Waals surface area contributed by atoms with Crippen molar-refractivity contribution in [2.75, 3.05) is 13.2 Å². The van der Waals surface area contributed by atoms with E-state index in [0.717, 1.165) is 25.7 Å². The van der Waals surface area contributed by atoms with Crippen molar-refractivity contribution in [3.05, 3.63) is 0 Å². The highest BCUT2D eigenvalue weighted by Gasteiger charge is 2.48. The molecule has 0 aliphatic heterocycles. The first-order chi connectivity index (χ1) is 9.98. The van der Waals surface area contributed by atoms with Crippen LogP contribution in [0.4, 0.5) is 0 Å². The number of aliphatic hydroxyl groups is 1. The predicted molar refractivity (Wildman–Crippen MR) is 78.6 cm³/mol. The number of hydrogen-bond donors (Lipinski definition) is 1. The van der Waals surface area contributed by atoms with E-state index in [-0.39, 0.29) is 13.2 Å². The van der Waals surface area contributed by atoms with Crippen LogP contribution in [0.2, 0.25) is 0 Å². The second kappa shape index (κ2) is 8.37. The molecule has 0 aromatic heterocycles. The Balaban J connectivity index is 2.93. The fourth-order valence-corrected chi connectivity index (χ4v) is 3.10. The third-order valence-corrected chi connectivity index (χ3v) is 4.37. The lowest BCUT2D eigenvalue weighted by molar-refractivity contribution is -0.176. The largest absolute Gasteiger partial charge is 0.465 e. The Morgan fingerprint density at radius 1 is 1.10 bits per heavy atom. The first-order valence-electron chi connectivity index (χ1n) is 8.04. The average molecular weight is 300 g/mol. The lowest BCUT2D eigenvalue weighted by Crippen LogP contribution is -2.48. The van der Waals surface area contributed by atoms with Gasteiger partial charge in [0.15, 0.2) is 5.92 Å². The number of carbonyl (C=O) groups is 2. The van der Waals surface area contributed by atoms with Crippen LogP contribution < -0.4 is 0 Å². The van der Waals surface area contributed by atoms with Gasteiger partial charge in [-0.25, -0.2) is 0 Å². The minimum absolute atomic E-state index is 0.183. The standard InChI is InChI=1S/C16H28O5/c1-4-12-8-7-10-16(19,11-9-12)13(14(17)20-5-2)15(18)21-6-3/h12-13,19H,4-11H2,1-3H3. The summed E-state index contributed by atoms with van der Waals surface area (Å²) in [7, 11) is 0. The number of rotatable bonds is 6. The van der Waals surface area contributed by atoms with Crippen molar-refractivity contribution in [2.45, 2.75) is 64.9 Å². The smallest absolute Gasteiger partial charge is 0.323 e. The van der Waals surface area contributed by atoms with Gasteiger partial charge in [-0.1, -0.05) is 26.2 Å². The van der Waals surface area contributed by atoms with E-state index < -0.39 is 23.5 Å². The molecule has 5 heteroatoms. The first kappa shape index (κ1) is 18.0. The average Bonchev–Trinajstić information content (AvgIpc) is 2.61. The molecule has 0 aromatic carbocycles. The molecule has 1 aliphatic carbocycles. The topological polar surface area (TPSA) is 72.8 Å². The van der Waals surface area contributed by atoms with Crippen molar-refractivity contribution in [3.63, 3.8) is 0 Å². The van der Waals surface area contributed by atoms with Gasteiger partial charge in [0.05, 0.1) is 18.8 Å². The minimum Gasteiger partial charge on any atom is -0.465 e. The monoisotopic (exact) mass is 300 g/mol. The molecular weight excluding hydrogens is 272 g/mol. The number of ether oxygens (including phenoxy) is 2. The molecule has 1 aliphatic rings. The van der Waals surface area contributed by atoms with Crippen LogP contribution in [0.1, 0.15) is 59.3 Å². The molecular formula is C16H28O5. The Morgan fingerprint density at radius 2 is 1.67 bits per heavy atom. The van der Waals surface area contributed by atoms with Gasteiger partial charge in [-0.15, -0.1) is 0 Å². The van der Waals surface area contributed by atoms with Crippen LogP contribution in [0.25, 0.3) is 0 Å². The van der Waals surface area contributed by atoms with Gasteiger partial charge in [-0.05, 0) is 39.0 Å². The van der Waals surface area contributed by atoms with Crippen molar-refractivity contribution < 1.29 is 24.2 Å². The van der Waals surface area contributed by atoms with E-state index in [1.807, 2.05) is 0 Å². The number of esters is 2. The van der Waals surface area contributed by atoms with E-state index in [1.54, 1.807) is 13.8 Å². The zero-order chi connectivity index (χ0) is 15.9. The van der Waals surface area contributed by atoms with Gasteiger partial charge in [-0.2, -0.15) is 0 Å². The Labute approximate surface area is 127 Å². The zero-order valence-electron chi connectivity index (χ0n) is 13.4. The van der Waals surface area contributed by atoms with Crippen LogP contribution in [0, 0.1) is 11.8 Å². The van der Waals surface area contributed by atoms with Crippen LogP contribution in [0.15, 0.2) is 0 Å². The summed E-state index contributed by atoms with van der Waals surface area (Å²) in [5.74, 6) is -2.03. The summed E-state index contributed by atoms with van der Waals surface area (Å²) >= 11 is 0. The molecule has 2 atom stereocenters. The highest BCUT2D eigenvalue weighted by Crippen LogP contribution is 2.37. The molecule has 0 aromatic rings. The molecule has 21 heavy (non-hydrogen) atoms. The van der Waals surface area contributed by atoms with Crippen LogP contribution >= 0.6 is 0 Å². The minimum atomic E-state index is -1.34. The van der Waals surface area contributed by atoms with E-state index in [4.69, 9.17) is 9.47 Å². The van der Waals surface area contributed by atoms with E-state index in [1.165, 1.54) is 0 Å². The zero-order valence-corrected chi connectivity index (χ0v) is 13.4. The maximum absolute atomic E-state index is 12.1. The van der Waals surface area contributed by atoms with Crippen molar-refractivity contribution in [3.8, 4) is 0 Å². The van der Waals surface area contributed by atoms with Crippen molar-refractivity contribution in [1.82, 2.24) is 0 Å². The third kappa shape index (κ3) is 4.70. The molecule has 0 spiro atoms. The van der Waals surface area contributed by atoms with Gasteiger partial charge in [-0.3, -0.25) is 9.59 Å². The normalized spacial score (nSPS) is 26.2. The van der Waals surface area contributed by atoms with Crippen LogP contribution in [0.5, 0.6) is 0 Å². The Kier molecular flexibility index (Phi) is 7.15. The molecule has 122 valence electrons. The fourth-order valence-electron chi connectivity index (χ4n) is 3.10. The van der Waals surface area contributed by atoms with Gasteiger partial charge < -0.3 is 14.6 Å². The second-order valence-corrected chi connectivity index (χ2v) is 5.75. The summed E-state index contributed by atoms with van der Waals surface area (Å²) in [6.07, 6.45) is 4.59. The van der Waals surface area contributed by atoms with Crippen molar-refractivity contribution >= 4 is 11.9 Å². The Hall–Kier alpha value is -1.10. The molecule has 0 radical (unpaired) electrons. The Morgan fingerprint density at radius 3 is 2.14 bits per heavy atom. The van der Waals surface area contributed by atoms with Gasteiger partial charge in [0.2, 0.25) is 0 Å². The summed E-state index contributed by atoms with van der Waals surface area (Å²) in [6.45, 7) is 5.86. The van der Waals surface area contributed by atoms with Crippen LogP contribution in [-0.2, 0) is 19.1 Å². The van der Waals surface area contributed by atoms with E-state index in [0.29, 0.717) is 18.8 Å². The molecule has 1 N–H and O–H groups in total. The highest BCUT2D eigenvalue weighted by atomic mass is 16.6. The van der Waals surface area contributed by atoms with Crippen molar-refractivity contribution in [2.24, 2.45) is 11.8 Å². The van der Waals surface area contributed by atoms with Crippen LogP contribution in [-0.4, -0.2) is 35.9 Å². The predicted octanol–water partition coefficient (Wildman–Crippen LogP) is 2.45. The molecule has 2 unspecified atom stereocenters. The molecule has 0 amide bonds. The maximum Gasteiger partial charge on any atom is 0.323 e. The summed E-state index contributed by atoms with van der Waals surface area (Å²) < 4.78 is 9.97. The van der Waals surface area contributed by atoms with E-state index >= 15 is 0 Å². The number of carbonyl (C=O) groups excluding carboxylic acids is 2. The summed E-state index contributed by atoms with van der Waals surface area (Å²) in [5, 5.41) is 10.9. The van der Waals surface area contributed by atoms with Crippen LogP contribution in [0.3, 0.4) is 0 Å². The molecule has 1 fully saturated rings. The lowest BCUT2D eigenvalue weighted by atomic mass is 9.80. The summed E-state index contributed by atoms with van der Waals surface area (Å²) in [4.78, 5) is 24.3. The third-order valence-electron chi connectivity index (χ3n) is 4.37. The van der Waals surface area contributed by atoms with Crippen molar-refractivity contribution in [1.29, 1.82) is 0 Å². The van der Waals surface area contributed by atoms with E-state index in [9.17, 15) is 14.7 Å². The second-order valence-electron chi connectivity index (χ2n) is 5.75. The molecule has 1 saturated carbocycles. The summed E-state index contributed by atoms with van der Waals surface area (Å²) in [6, 6.07) is 0. The summed E-state index contributed by atoms with van der Waals surface area (Å²) in [5.41, 5.74) is -1.34. The van der Waals surface area contributed by atoms with Gasteiger partial charge in [0.25, 0.3) is 0 Å². The fraction of sp³-hybridized carbons (Fsp3) is 0.875. The van der Waals surface area contributed by atoms with E-state index in [2.05, 4.69) is 6.92 Å². The molecule has 0 bridgehead atoms. The lowest BCUT2D eigenvalue weighted by Gasteiger charge is -2.32. The molecule has 5 nitrogen and oxygen atoms in total. The Bertz CT molecular complexity index is 337. The maximum atomic E-state index is 12.1. The first-order valence-corrected chi connectivity index (χ1v) is 8.04. The molecule has 1 rings (SSSR count). The SMILES string of the molecule is CCOC(=O)C(C(=O)OCC)C1(O)CCCC(CC)CC1. The van der Waals surface area contributed by atoms with Gasteiger partial charge in [0, 0.05) is 0 Å².